The second-order valence-corrected chi connectivity index (χ2v) is 11.7. The molecule has 0 radical (unpaired) electrons. The maximum atomic E-state index is 13.4. The molecule has 1 fully saturated rings. The molecule has 0 amide bonds. The Labute approximate surface area is 242 Å². The molecular weight excluding hydrogens is 508 g/mol. The van der Waals surface area contributed by atoms with Gasteiger partial charge in [0, 0.05) is 52.4 Å². The van der Waals surface area contributed by atoms with Crippen LogP contribution in [0.3, 0.4) is 0 Å². The van der Waals surface area contributed by atoms with Crippen molar-refractivity contribution in [2.24, 2.45) is 5.41 Å². The van der Waals surface area contributed by atoms with Gasteiger partial charge in [-0.25, -0.2) is 4.79 Å². The van der Waals surface area contributed by atoms with E-state index in [-0.39, 0.29) is 5.97 Å². The number of aryl methyl sites for hydroxylation is 1. The minimum atomic E-state index is -1.09. The highest BCUT2D eigenvalue weighted by Gasteiger charge is 2.54. The number of carbonyl (C=O) groups is 1. The summed E-state index contributed by atoms with van der Waals surface area (Å²) >= 11 is 0. The molecule has 7 rings (SSSR count). The monoisotopic (exact) mass is 544 g/mol. The van der Waals surface area contributed by atoms with Gasteiger partial charge >= 0.3 is 5.97 Å². The number of hydrogen-bond donors (Lipinski definition) is 1. The third-order valence-corrected chi connectivity index (χ3v) is 10.0. The van der Waals surface area contributed by atoms with E-state index < -0.39 is 5.60 Å². The molecule has 4 aromatic carbocycles. The van der Waals surface area contributed by atoms with E-state index >= 15 is 0 Å². The van der Waals surface area contributed by atoms with Gasteiger partial charge in [-0.05, 0) is 86.6 Å². The zero-order valence-electron chi connectivity index (χ0n) is 24.2. The summed E-state index contributed by atoms with van der Waals surface area (Å²) in [5.74, 6) is 1.13. The van der Waals surface area contributed by atoms with E-state index in [4.69, 9.17) is 9.47 Å². The van der Waals surface area contributed by atoms with Crippen LogP contribution in [0.25, 0.3) is 0 Å². The van der Waals surface area contributed by atoms with Gasteiger partial charge in [-0.1, -0.05) is 50.2 Å². The van der Waals surface area contributed by atoms with Crippen LogP contribution in [0.2, 0.25) is 0 Å². The van der Waals surface area contributed by atoms with Crippen LogP contribution in [0, 0.1) is 12.3 Å². The van der Waals surface area contributed by atoms with Crippen LogP contribution in [0.5, 0.6) is 11.5 Å². The van der Waals surface area contributed by atoms with Crippen molar-refractivity contribution >= 4 is 23.0 Å². The van der Waals surface area contributed by atoms with Crippen LogP contribution >= 0.6 is 0 Å². The largest absolute Gasteiger partial charge is 0.456 e. The van der Waals surface area contributed by atoms with Crippen molar-refractivity contribution < 1.29 is 14.3 Å². The maximum absolute atomic E-state index is 13.4. The number of esters is 1. The fraction of sp³-hybridized carbons (Fsp3) is 0.306. The number of nitrogens with zero attached hydrogens (tertiary/aromatic N) is 1. The fourth-order valence-electron chi connectivity index (χ4n) is 7.42. The van der Waals surface area contributed by atoms with E-state index in [1.165, 1.54) is 19.3 Å². The van der Waals surface area contributed by atoms with Crippen LogP contribution in [0.15, 0.2) is 84.9 Å². The number of nitrogens with one attached hydrogen (secondary N) is 1. The minimum Gasteiger partial charge on any atom is -0.456 e. The zero-order valence-corrected chi connectivity index (χ0v) is 24.2. The first-order valence-electron chi connectivity index (χ1n) is 14.8. The fourth-order valence-corrected chi connectivity index (χ4v) is 7.42. The smallest absolute Gasteiger partial charge is 0.340 e. The number of hydrogen-bond acceptors (Lipinski definition) is 5. The molecule has 0 bridgehead atoms. The van der Waals surface area contributed by atoms with E-state index in [0.717, 1.165) is 51.6 Å². The Morgan fingerprint density at radius 2 is 1.61 bits per heavy atom. The van der Waals surface area contributed by atoms with Gasteiger partial charge in [-0.15, -0.1) is 0 Å². The molecule has 3 aliphatic rings. The van der Waals surface area contributed by atoms with E-state index in [0.29, 0.717) is 22.8 Å². The highest BCUT2D eigenvalue weighted by atomic mass is 16.6. The summed E-state index contributed by atoms with van der Waals surface area (Å²) in [6.07, 6.45) is 3.53. The van der Waals surface area contributed by atoms with Crippen molar-refractivity contribution in [2.45, 2.75) is 58.6 Å². The van der Waals surface area contributed by atoms with E-state index in [9.17, 15) is 4.79 Å². The molecule has 1 spiro atoms. The zero-order chi connectivity index (χ0) is 28.4. The lowest BCUT2D eigenvalue weighted by atomic mass is 9.76. The maximum Gasteiger partial charge on any atom is 0.340 e. The van der Waals surface area contributed by atoms with Crippen molar-refractivity contribution in [2.75, 3.05) is 16.8 Å². The average Bonchev–Trinajstić information content (AvgIpc) is 3.49. The highest BCUT2D eigenvalue weighted by molar-refractivity contribution is 5.97. The van der Waals surface area contributed by atoms with Gasteiger partial charge in [-0.3, -0.25) is 0 Å². The Kier molecular flexibility index (Phi) is 5.90. The van der Waals surface area contributed by atoms with Crippen molar-refractivity contribution in [3.05, 3.63) is 113 Å². The molecule has 0 aromatic heterocycles. The molecule has 1 N–H and O–H groups in total. The molecule has 4 aromatic rings. The Morgan fingerprint density at radius 3 is 2.37 bits per heavy atom. The van der Waals surface area contributed by atoms with Gasteiger partial charge in [0.1, 0.15) is 11.5 Å². The van der Waals surface area contributed by atoms with Gasteiger partial charge in [0.05, 0.1) is 5.56 Å². The first-order chi connectivity index (χ1) is 19.9. The van der Waals surface area contributed by atoms with Crippen LogP contribution in [0.1, 0.15) is 72.6 Å². The van der Waals surface area contributed by atoms with E-state index in [1.807, 2.05) is 54.6 Å². The van der Waals surface area contributed by atoms with Crippen molar-refractivity contribution in [3.8, 4) is 11.5 Å². The molecule has 2 atom stereocenters. The van der Waals surface area contributed by atoms with Crippen molar-refractivity contribution in [1.29, 1.82) is 0 Å². The summed E-state index contributed by atoms with van der Waals surface area (Å²) in [4.78, 5) is 15.9. The van der Waals surface area contributed by atoms with Gasteiger partial charge in [0.15, 0.2) is 5.60 Å². The number of anilines is 3. The first-order valence-corrected chi connectivity index (χ1v) is 14.8. The number of carbonyl (C=O) groups excluding carboxylic acids is 1. The van der Waals surface area contributed by atoms with E-state index in [1.54, 1.807) is 0 Å². The normalized spacial score (nSPS) is 21.6. The second-order valence-electron chi connectivity index (χ2n) is 11.7. The molecule has 0 aliphatic carbocycles. The lowest BCUT2D eigenvalue weighted by Gasteiger charge is -2.39. The van der Waals surface area contributed by atoms with Crippen LogP contribution < -0.4 is 15.0 Å². The Bertz CT molecular complexity index is 1660. The van der Waals surface area contributed by atoms with Gasteiger partial charge < -0.3 is 19.7 Å². The van der Waals surface area contributed by atoms with Gasteiger partial charge in [0.25, 0.3) is 0 Å². The van der Waals surface area contributed by atoms with Crippen molar-refractivity contribution in [1.82, 2.24) is 0 Å². The Hall–Kier alpha value is -4.25. The number of fused-ring (bicyclic) bond motifs is 6. The van der Waals surface area contributed by atoms with Gasteiger partial charge in [-0.2, -0.15) is 0 Å². The third kappa shape index (κ3) is 3.71. The number of ether oxygens (including phenoxy) is 2. The standard InChI is InChI=1S/C36H36N2O3/c1-5-35(6-2)18-19-38(24(35)4)26-16-17-29-33(21-26)40-32-20-23(3)31(37-25-12-8-7-9-13-25)22-30(32)36(29)28-15-11-10-14-27(28)34(39)41-36/h7-17,20-22,24,37H,5-6,18-19H2,1-4H3. The first kappa shape index (κ1) is 25.7. The second kappa shape index (κ2) is 9.41. The van der Waals surface area contributed by atoms with Crippen LogP contribution in [-0.2, 0) is 10.3 Å². The lowest BCUT2D eigenvalue weighted by molar-refractivity contribution is 0.0224. The quantitative estimate of drug-likeness (QED) is 0.255. The SMILES string of the molecule is CCC1(CC)CCN(c2ccc3c(c2)Oc2cc(C)c(Nc4ccccc4)cc2C32OC(=O)c3ccccc32)C1C. The Morgan fingerprint density at radius 1 is 0.878 bits per heavy atom. The molecular formula is C36H36N2O3. The summed E-state index contributed by atoms with van der Waals surface area (Å²) in [6, 6.07) is 28.8. The Balaban J connectivity index is 1.39. The molecule has 5 nitrogen and oxygen atoms in total. The summed E-state index contributed by atoms with van der Waals surface area (Å²) < 4.78 is 13.1. The summed E-state index contributed by atoms with van der Waals surface area (Å²) in [5, 5.41) is 3.55. The topological polar surface area (TPSA) is 50.8 Å². The van der Waals surface area contributed by atoms with Crippen LogP contribution in [-0.4, -0.2) is 18.6 Å². The summed E-state index contributed by atoms with van der Waals surface area (Å²) in [7, 11) is 0. The summed E-state index contributed by atoms with van der Waals surface area (Å²) in [5.41, 5.74) is 6.48. The number of benzene rings is 4. The van der Waals surface area contributed by atoms with Crippen LogP contribution in [0.4, 0.5) is 17.1 Å². The predicted octanol–water partition coefficient (Wildman–Crippen LogP) is 8.71. The molecule has 5 heteroatoms. The summed E-state index contributed by atoms with van der Waals surface area (Å²) in [6.45, 7) is 10.1. The lowest BCUT2D eigenvalue weighted by Crippen LogP contribution is -2.37. The average molecular weight is 545 g/mol. The molecule has 0 saturated carbocycles. The molecule has 41 heavy (non-hydrogen) atoms. The molecule has 3 heterocycles. The van der Waals surface area contributed by atoms with E-state index in [2.05, 4.69) is 68.2 Å². The molecule has 2 unspecified atom stereocenters. The number of para-hydroxylation sites is 1. The van der Waals surface area contributed by atoms with Crippen molar-refractivity contribution in [3.63, 3.8) is 0 Å². The molecule has 208 valence electrons. The molecule has 3 aliphatic heterocycles. The van der Waals surface area contributed by atoms with Gasteiger partial charge in [0.2, 0.25) is 0 Å². The third-order valence-electron chi connectivity index (χ3n) is 10.0. The minimum absolute atomic E-state index is 0.314. The number of rotatable bonds is 5. The molecule has 1 saturated heterocycles. The predicted molar refractivity (Wildman–Crippen MR) is 164 cm³/mol. The highest BCUT2D eigenvalue weighted by Crippen LogP contribution is 2.58.